The van der Waals surface area contributed by atoms with Gasteiger partial charge < -0.3 is 15.6 Å². The number of hydrogen-bond acceptors (Lipinski definition) is 3. The standard InChI is InChI=1S/C13H19N3O2/c14-11(9-10-5-4-6-15-12(10)17)13(18)16-7-2-1-3-8-16/h4-6,11H,1-3,7-9,14H2,(H,15,17). The Labute approximate surface area is 106 Å². The van der Waals surface area contributed by atoms with Gasteiger partial charge >= 0.3 is 0 Å². The minimum atomic E-state index is -0.619. The average Bonchev–Trinajstić information content (AvgIpc) is 2.41. The van der Waals surface area contributed by atoms with Crippen LogP contribution in [0.3, 0.4) is 0 Å². The van der Waals surface area contributed by atoms with Crippen LogP contribution in [0.15, 0.2) is 23.1 Å². The van der Waals surface area contributed by atoms with Gasteiger partial charge in [-0.15, -0.1) is 0 Å². The lowest BCUT2D eigenvalue weighted by molar-refractivity contribution is -0.133. The normalized spacial score (nSPS) is 17.5. The molecule has 5 nitrogen and oxygen atoms in total. The van der Waals surface area contributed by atoms with Gasteiger partial charge in [0, 0.05) is 31.3 Å². The monoisotopic (exact) mass is 249 g/mol. The van der Waals surface area contributed by atoms with Gasteiger partial charge in [-0.2, -0.15) is 0 Å². The van der Waals surface area contributed by atoms with Crippen LogP contribution in [0, 0.1) is 0 Å². The molecule has 98 valence electrons. The zero-order chi connectivity index (χ0) is 13.0. The van der Waals surface area contributed by atoms with Gasteiger partial charge in [-0.3, -0.25) is 9.59 Å². The van der Waals surface area contributed by atoms with Crippen LogP contribution in [0.5, 0.6) is 0 Å². The number of aromatic nitrogens is 1. The Kier molecular flexibility index (Phi) is 4.15. The van der Waals surface area contributed by atoms with E-state index in [9.17, 15) is 9.59 Å². The fraction of sp³-hybridized carbons (Fsp3) is 0.538. The highest BCUT2D eigenvalue weighted by molar-refractivity contribution is 5.82. The van der Waals surface area contributed by atoms with E-state index in [4.69, 9.17) is 5.73 Å². The Morgan fingerprint density at radius 3 is 2.78 bits per heavy atom. The molecule has 0 saturated carbocycles. The SMILES string of the molecule is NC(Cc1ccc[nH]c1=O)C(=O)N1CCCCC1. The third kappa shape index (κ3) is 2.98. The number of carbonyl (C=O) groups excluding carboxylic acids is 1. The van der Waals surface area contributed by atoms with Crippen LogP contribution in [0.1, 0.15) is 24.8 Å². The van der Waals surface area contributed by atoms with E-state index in [-0.39, 0.29) is 11.5 Å². The first kappa shape index (κ1) is 12.8. The number of H-pyrrole nitrogens is 1. The number of piperidine rings is 1. The molecule has 0 spiro atoms. The van der Waals surface area contributed by atoms with E-state index in [0.29, 0.717) is 12.0 Å². The molecule has 1 fully saturated rings. The topological polar surface area (TPSA) is 79.2 Å². The Hall–Kier alpha value is -1.62. The molecule has 0 aliphatic carbocycles. The highest BCUT2D eigenvalue weighted by atomic mass is 16.2. The molecule has 3 N–H and O–H groups in total. The Morgan fingerprint density at radius 1 is 1.39 bits per heavy atom. The van der Waals surface area contributed by atoms with Crippen LogP contribution in [-0.2, 0) is 11.2 Å². The van der Waals surface area contributed by atoms with E-state index in [1.54, 1.807) is 18.3 Å². The first-order valence-electron chi connectivity index (χ1n) is 6.39. The summed E-state index contributed by atoms with van der Waals surface area (Å²) in [6.07, 6.45) is 5.14. The number of hydrogen-bond donors (Lipinski definition) is 2. The molecule has 2 rings (SSSR count). The van der Waals surface area contributed by atoms with Crippen molar-refractivity contribution in [3.8, 4) is 0 Å². The van der Waals surface area contributed by atoms with Gasteiger partial charge in [-0.25, -0.2) is 0 Å². The number of amides is 1. The van der Waals surface area contributed by atoms with Crippen molar-refractivity contribution in [3.63, 3.8) is 0 Å². The maximum atomic E-state index is 12.1. The molecule has 0 bridgehead atoms. The second-order valence-corrected chi connectivity index (χ2v) is 4.72. The molecule has 1 aliphatic heterocycles. The van der Waals surface area contributed by atoms with Crippen molar-refractivity contribution < 1.29 is 4.79 Å². The second kappa shape index (κ2) is 5.82. The van der Waals surface area contributed by atoms with Gasteiger partial charge in [-0.05, 0) is 25.3 Å². The predicted molar refractivity (Wildman–Crippen MR) is 69.2 cm³/mol. The number of nitrogens with zero attached hydrogens (tertiary/aromatic N) is 1. The lowest BCUT2D eigenvalue weighted by Gasteiger charge is -2.29. The molecular formula is C13H19N3O2. The molecule has 1 aromatic rings. The van der Waals surface area contributed by atoms with Gasteiger partial charge in [0.15, 0.2) is 0 Å². The predicted octanol–water partition coefficient (Wildman–Crippen LogP) is 0.257. The number of pyridine rings is 1. The average molecular weight is 249 g/mol. The van der Waals surface area contributed by atoms with Crippen molar-refractivity contribution in [2.24, 2.45) is 5.73 Å². The lowest BCUT2D eigenvalue weighted by Crippen LogP contribution is -2.47. The second-order valence-electron chi connectivity index (χ2n) is 4.72. The molecule has 1 unspecified atom stereocenters. The van der Waals surface area contributed by atoms with E-state index in [2.05, 4.69) is 4.98 Å². The molecule has 1 atom stereocenters. The van der Waals surface area contributed by atoms with E-state index < -0.39 is 6.04 Å². The van der Waals surface area contributed by atoms with Crippen LogP contribution < -0.4 is 11.3 Å². The summed E-state index contributed by atoms with van der Waals surface area (Å²) in [5, 5.41) is 0. The highest BCUT2D eigenvalue weighted by Crippen LogP contribution is 2.10. The van der Waals surface area contributed by atoms with Crippen molar-refractivity contribution in [2.45, 2.75) is 31.7 Å². The van der Waals surface area contributed by atoms with Crippen molar-refractivity contribution in [1.82, 2.24) is 9.88 Å². The van der Waals surface area contributed by atoms with Crippen LogP contribution >= 0.6 is 0 Å². The van der Waals surface area contributed by atoms with E-state index >= 15 is 0 Å². The maximum absolute atomic E-state index is 12.1. The summed E-state index contributed by atoms with van der Waals surface area (Å²) in [6.45, 7) is 1.58. The zero-order valence-corrected chi connectivity index (χ0v) is 10.4. The fourth-order valence-electron chi connectivity index (χ4n) is 2.29. The first-order valence-corrected chi connectivity index (χ1v) is 6.39. The summed E-state index contributed by atoms with van der Waals surface area (Å²) in [5.74, 6) is -0.0436. The number of likely N-dealkylation sites (tertiary alicyclic amines) is 1. The van der Waals surface area contributed by atoms with Crippen LogP contribution in [0.2, 0.25) is 0 Å². The van der Waals surface area contributed by atoms with Crippen LogP contribution in [0.25, 0.3) is 0 Å². The van der Waals surface area contributed by atoms with E-state index in [0.717, 1.165) is 25.9 Å². The van der Waals surface area contributed by atoms with E-state index in [1.807, 2.05) is 4.90 Å². The smallest absolute Gasteiger partial charge is 0.251 e. The largest absolute Gasteiger partial charge is 0.341 e. The van der Waals surface area contributed by atoms with Gasteiger partial charge in [0.25, 0.3) is 5.56 Å². The zero-order valence-electron chi connectivity index (χ0n) is 10.4. The molecule has 1 saturated heterocycles. The van der Waals surface area contributed by atoms with Crippen molar-refractivity contribution in [2.75, 3.05) is 13.1 Å². The molecule has 0 radical (unpaired) electrons. The van der Waals surface area contributed by atoms with Crippen LogP contribution in [0.4, 0.5) is 0 Å². The lowest BCUT2D eigenvalue weighted by atomic mass is 10.1. The molecule has 5 heteroatoms. The minimum Gasteiger partial charge on any atom is -0.341 e. The van der Waals surface area contributed by atoms with Gasteiger partial charge in [0.1, 0.15) is 0 Å². The van der Waals surface area contributed by atoms with Crippen LogP contribution in [-0.4, -0.2) is 34.9 Å². The van der Waals surface area contributed by atoms with Gasteiger partial charge in [0.2, 0.25) is 5.91 Å². The summed E-state index contributed by atoms with van der Waals surface area (Å²) < 4.78 is 0. The first-order chi connectivity index (χ1) is 8.68. The van der Waals surface area contributed by atoms with Crippen molar-refractivity contribution >= 4 is 5.91 Å². The van der Waals surface area contributed by atoms with Gasteiger partial charge in [0.05, 0.1) is 6.04 Å². The number of aromatic amines is 1. The Bertz CT molecular complexity index is 463. The molecule has 2 heterocycles. The third-order valence-corrected chi connectivity index (χ3v) is 3.32. The molecule has 18 heavy (non-hydrogen) atoms. The summed E-state index contributed by atoms with van der Waals surface area (Å²) in [6, 6.07) is 2.84. The molecule has 1 amide bonds. The summed E-state index contributed by atoms with van der Waals surface area (Å²) in [4.78, 5) is 28.0. The third-order valence-electron chi connectivity index (χ3n) is 3.32. The minimum absolute atomic E-state index is 0.0436. The maximum Gasteiger partial charge on any atom is 0.251 e. The van der Waals surface area contributed by atoms with E-state index in [1.165, 1.54) is 6.42 Å². The Balaban J connectivity index is 1.99. The fourth-order valence-corrected chi connectivity index (χ4v) is 2.29. The number of nitrogens with two attached hydrogens (primary N) is 1. The highest BCUT2D eigenvalue weighted by Gasteiger charge is 2.23. The number of rotatable bonds is 3. The molecule has 0 aromatic carbocycles. The number of nitrogens with one attached hydrogen (secondary N) is 1. The summed E-state index contributed by atoms with van der Waals surface area (Å²) in [7, 11) is 0. The summed E-state index contributed by atoms with van der Waals surface area (Å²) in [5.41, 5.74) is 6.30. The molecule has 1 aliphatic rings. The van der Waals surface area contributed by atoms with Crippen molar-refractivity contribution in [1.29, 1.82) is 0 Å². The summed E-state index contributed by atoms with van der Waals surface area (Å²) >= 11 is 0. The number of carbonyl (C=O) groups is 1. The molecular weight excluding hydrogens is 230 g/mol. The Morgan fingerprint density at radius 2 is 2.11 bits per heavy atom. The molecule has 1 aromatic heterocycles. The quantitative estimate of drug-likeness (QED) is 0.806. The van der Waals surface area contributed by atoms with Crippen molar-refractivity contribution in [3.05, 3.63) is 34.2 Å². The van der Waals surface area contributed by atoms with Gasteiger partial charge in [-0.1, -0.05) is 6.07 Å².